The fourth-order valence-corrected chi connectivity index (χ4v) is 2.84. The predicted octanol–water partition coefficient (Wildman–Crippen LogP) is 2.88. The zero-order valence-corrected chi connectivity index (χ0v) is 14.5. The van der Waals surface area contributed by atoms with E-state index in [1.807, 2.05) is 0 Å². The van der Waals surface area contributed by atoms with E-state index >= 15 is 0 Å². The van der Waals surface area contributed by atoms with Gasteiger partial charge < -0.3 is 10.6 Å². The van der Waals surface area contributed by atoms with Gasteiger partial charge in [-0.1, -0.05) is 35.9 Å². The Morgan fingerprint density at radius 3 is 2.50 bits per heavy atom. The molecule has 2 N–H and O–H groups in total. The largest absolute Gasteiger partial charge is 0.325 e. The molecule has 0 saturated carbocycles. The van der Waals surface area contributed by atoms with Crippen molar-refractivity contribution < 1.29 is 18.8 Å². The minimum absolute atomic E-state index is 0.0231. The molecule has 0 aromatic heterocycles. The van der Waals surface area contributed by atoms with Gasteiger partial charge in [0.05, 0.1) is 5.69 Å². The first kappa shape index (κ1) is 17.9. The number of hydrogen-bond acceptors (Lipinski definition) is 3. The van der Waals surface area contributed by atoms with Crippen LogP contribution in [-0.2, 0) is 15.1 Å². The number of amides is 4. The Kier molecular flexibility index (Phi) is 4.65. The Bertz CT molecular complexity index is 888. The number of rotatable bonds is 4. The van der Waals surface area contributed by atoms with Gasteiger partial charge in [0.25, 0.3) is 5.91 Å². The Labute approximate surface area is 153 Å². The molecule has 0 spiro atoms. The number of urea groups is 1. The van der Waals surface area contributed by atoms with Gasteiger partial charge in [-0.05, 0) is 36.8 Å². The van der Waals surface area contributed by atoms with Crippen molar-refractivity contribution in [1.29, 1.82) is 0 Å². The van der Waals surface area contributed by atoms with E-state index in [4.69, 9.17) is 11.6 Å². The van der Waals surface area contributed by atoms with Crippen LogP contribution >= 0.6 is 11.6 Å². The summed E-state index contributed by atoms with van der Waals surface area (Å²) in [4.78, 5) is 37.9. The van der Waals surface area contributed by atoms with Crippen molar-refractivity contribution in [3.63, 3.8) is 0 Å². The highest BCUT2D eigenvalue weighted by molar-refractivity contribution is 6.30. The maximum Gasteiger partial charge on any atom is 0.325 e. The van der Waals surface area contributed by atoms with Crippen LogP contribution in [0.25, 0.3) is 0 Å². The average molecular weight is 376 g/mol. The normalized spacial score (nSPS) is 19.4. The Morgan fingerprint density at radius 2 is 1.85 bits per heavy atom. The number of carbonyl (C=O) groups is 3. The van der Waals surface area contributed by atoms with E-state index in [0.717, 1.165) is 4.90 Å². The topological polar surface area (TPSA) is 78.5 Å². The van der Waals surface area contributed by atoms with Crippen molar-refractivity contribution in [3.8, 4) is 0 Å². The first-order valence-corrected chi connectivity index (χ1v) is 8.13. The number of para-hydroxylation sites is 1. The van der Waals surface area contributed by atoms with E-state index < -0.39 is 35.7 Å². The van der Waals surface area contributed by atoms with E-state index in [9.17, 15) is 18.8 Å². The SMILES string of the molecule is C[C@@]1(c2ccc(Cl)cc2)NC(=O)N(CC(=O)Nc2ccccc2F)C1=O. The summed E-state index contributed by atoms with van der Waals surface area (Å²) in [6.45, 7) is 1.02. The Morgan fingerprint density at radius 1 is 1.19 bits per heavy atom. The molecule has 0 bridgehead atoms. The minimum Gasteiger partial charge on any atom is -0.322 e. The molecule has 1 heterocycles. The molecule has 4 amide bonds. The van der Waals surface area contributed by atoms with Gasteiger partial charge >= 0.3 is 6.03 Å². The molecule has 1 aliphatic heterocycles. The molecule has 1 atom stereocenters. The van der Waals surface area contributed by atoms with E-state index in [1.54, 1.807) is 37.3 Å². The van der Waals surface area contributed by atoms with E-state index in [0.29, 0.717) is 10.6 Å². The molecule has 0 aliphatic carbocycles. The Hall–Kier alpha value is -2.93. The molecular formula is C18H15ClFN3O3. The fraction of sp³-hybridized carbons (Fsp3) is 0.167. The summed E-state index contributed by atoms with van der Waals surface area (Å²) in [7, 11) is 0. The molecule has 3 rings (SSSR count). The summed E-state index contributed by atoms with van der Waals surface area (Å²) < 4.78 is 13.6. The smallest absolute Gasteiger partial charge is 0.322 e. The first-order valence-electron chi connectivity index (χ1n) is 7.76. The third kappa shape index (κ3) is 3.25. The lowest BCUT2D eigenvalue weighted by Gasteiger charge is -2.22. The van der Waals surface area contributed by atoms with Crippen LogP contribution in [0.5, 0.6) is 0 Å². The van der Waals surface area contributed by atoms with Crippen LogP contribution in [0.3, 0.4) is 0 Å². The van der Waals surface area contributed by atoms with Crippen molar-refractivity contribution >= 4 is 35.1 Å². The molecule has 134 valence electrons. The van der Waals surface area contributed by atoms with Crippen LogP contribution in [-0.4, -0.2) is 29.3 Å². The third-order valence-electron chi connectivity index (χ3n) is 4.15. The number of anilines is 1. The lowest BCUT2D eigenvalue weighted by molar-refractivity contribution is -0.133. The molecule has 2 aromatic rings. The lowest BCUT2D eigenvalue weighted by atomic mass is 9.92. The molecule has 6 nitrogen and oxygen atoms in total. The summed E-state index contributed by atoms with van der Waals surface area (Å²) >= 11 is 5.85. The highest BCUT2D eigenvalue weighted by Gasteiger charge is 2.49. The number of nitrogens with zero attached hydrogens (tertiary/aromatic N) is 1. The van der Waals surface area contributed by atoms with Gasteiger partial charge in [-0.3, -0.25) is 14.5 Å². The number of halogens is 2. The summed E-state index contributed by atoms with van der Waals surface area (Å²) in [6, 6.07) is 11.4. The quantitative estimate of drug-likeness (QED) is 0.806. The molecule has 1 aliphatic rings. The average Bonchev–Trinajstić information content (AvgIpc) is 2.82. The molecule has 1 saturated heterocycles. The van der Waals surface area contributed by atoms with Crippen LogP contribution in [0, 0.1) is 5.82 Å². The van der Waals surface area contributed by atoms with Crippen molar-refractivity contribution in [2.24, 2.45) is 0 Å². The zero-order chi connectivity index (χ0) is 18.9. The van der Waals surface area contributed by atoms with Gasteiger partial charge in [-0.2, -0.15) is 0 Å². The monoisotopic (exact) mass is 375 g/mol. The first-order chi connectivity index (χ1) is 12.3. The highest BCUT2D eigenvalue weighted by Crippen LogP contribution is 2.29. The van der Waals surface area contributed by atoms with Crippen LogP contribution in [0.1, 0.15) is 12.5 Å². The number of carbonyl (C=O) groups excluding carboxylic acids is 3. The van der Waals surface area contributed by atoms with Crippen LogP contribution in [0.4, 0.5) is 14.9 Å². The fourth-order valence-electron chi connectivity index (χ4n) is 2.72. The lowest BCUT2D eigenvalue weighted by Crippen LogP contribution is -2.42. The molecule has 8 heteroatoms. The molecule has 0 radical (unpaired) electrons. The van der Waals surface area contributed by atoms with E-state index in [1.165, 1.54) is 18.2 Å². The van der Waals surface area contributed by atoms with Gasteiger partial charge in [-0.25, -0.2) is 9.18 Å². The van der Waals surface area contributed by atoms with Crippen molar-refractivity contribution in [3.05, 3.63) is 64.9 Å². The number of nitrogens with one attached hydrogen (secondary N) is 2. The van der Waals surface area contributed by atoms with Gasteiger partial charge in [-0.15, -0.1) is 0 Å². The summed E-state index contributed by atoms with van der Waals surface area (Å²) in [6.07, 6.45) is 0. The van der Waals surface area contributed by atoms with Crippen LogP contribution in [0.15, 0.2) is 48.5 Å². The molecular weight excluding hydrogens is 361 g/mol. The van der Waals surface area contributed by atoms with Gasteiger partial charge in [0.15, 0.2) is 0 Å². The van der Waals surface area contributed by atoms with Gasteiger partial charge in [0, 0.05) is 5.02 Å². The standard InChI is InChI=1S/C18H15ClFN3O3/c1-18(11-6-8-12(19)9-7-11)16(25)23(17(26)22-18)10-15(24)21-14-5-3-2-4-13(14)20/h2-9H,10H2,1H3,(H,21,24)(H,22,26)/t18-/m0/s1. The summed E-state index contributed by atoms with van der Waals surface area (Å²) in [5.41, 5.74) is -0.790. The number of hydrogen-bond donors (Lipinski definition) is 2. The molecule has 1 fully saturated rings. The minimum atomic E-state index is -1.31. The summed E-state index contributed by atoms with van der Waals surface area (Å²) in [5, 5.41) is 5.43. The maximum absolute atomic E-state index is 13.6. The second-order valence-corrected chi connectivity index (χ2v) is 6.42. The van der Waals surface area contributed by atoms with Crippen LogP contribution in [0.2, 0.25) is 5.02 Å². The third-order valence-corrected chi connectivity index (χ3v) is 4.40. The number of benzene rings is 2. The van der Waals surface area contributed by atoms with Gasteiger partial charge in [0.1, 0.15) is 17.9 Å². The highest BCUT2D eigenvalue weighted by atomic mass is 35.5. The second-order valence-electron chi connectivity index (χ2n) is 5.98. The number of imide groups is 1. The van der Waals surface area contributed by atoms with E-state index in [2.05, 4.69) is 10.6 Å². The van der Waals surface area contributed by atoms with E-state index in [-0.39, 0.29) is 5.69 Å². The van der Waals surface area contributed by atoms with Crippen molar-refractivity contribution in [2.75, 3.05) is 11.9 Å². The Balaban J connectivity index is 1.76. The second kappa shape index (κ2) is 6.76. The van der Waals surface area contributed by atoms with Crippen molar-refractivity contribution in [1.82, 2.24) is 10.2 Å². The van der Waals surface area contributed by atoms with Crippen LogP contribution < -0.4 is 10.6 Å². The molecule has 2 aromatic carbocycles. The molecule has 0 unspecified atom stereocenters. The van der Waals surface area contributed by atoms with Gasteiger partial charge in [0.2, 0.25) is 5.91 Å². The zero-order valence-electron chi connectivity index (χ0n) is 13.8. The predicted molar refractivity (Wildman–Crippen MR) is 94.1 cm³/mol. The maximum atomic E-state index is 13.6. The summed E-state index contributed by atoms with van der Waals surface area (Å²) in [5.74, 6) is -1.86. The van der Waals surface area contributed by atoms with Crippen molar-refractivity contribution in [2.45, 2.75) is 12.5 Å². The molecule has 26 heavy (non-hydrogen) atoms.